The van der Waals surface area contributed by atoms with Crippen molar-refractivity contribution >= 4 is 44.3 Å². The minimum Gasteiger partial charge on any atom is -0.478 e. The zero-order valence-electron chi connectivity index (χ0n) is 27.5. The molecule has 3 aliphatic rings. The number of rotatable bonds is 7. The number of hydrogen-bond acceptors (Lipinski definition) is 7. The van der Waals surface area contributed by atoms with E-state index in [9.17, 15) is 27.7 Å². The topological polar surface area (TPSA) is 142 Å². The molecule has 3 aromatic carbocycles. The minimum absolute atomic E-state index is 0.000384. The van der Waals surface area contributed by atoms with Crippen molar-refractivity contribution in [1.82, 2.24) is 0 Å². The van der Waals surface area contributed by atoms with Gasteiger partial charge in [0.15, 0.2) is 5.78 Å². The largest absolute Gasteiger partial charge is 0.478 e. The lowest BCUT2D eigenvalue weighted by molar-refractivity contribution is 0.0695. The smallest absolute Gasteiger partial charge is 0.336 e. The Morgan fingerprint density at radius 1 is 0.915 bits per heavy atom. The van der Waals surface area contributed by atoms with Crippen LogP contribution >= 0.6 is 0 Å². The number of hydrogen-bond donors (Lipinski definition) is 3. The molecular weight excluding hydrogens is 616 g/mol. The van der Waals surface area contributed by atoms with Gasteiger partial charge in [-0.1, -0.05) is 39.0 Å². The average molecular weight is 655 g/mol. The highest BCUT2D eigenvalue weighted by Crippen LogP contribution is 2.45. The Balaban J connectivity index is 1.76. The highest BCUT2D eigenvalue weighted by Gasteiger charge is 2.32. The summed E-state index contributed by atoms with van der Waals surface area (Å²) < 4.78 is 40.7. The van der Waals surface area contributed by atoms with Crippen LogP contribution in [0.15, 0.2) is 59.6 Å². The predicted octanol–water partition coefficient (Wildman–Crippen LogP) is 6.26. The van der Waals surface area contributed by atoms with Crippen molar-refractivity contribution in [2.45, 2.75) is 66.0 Å². The third-order valence-corrected chi connectivity index (χ3v) is 9.32. The Morgan fingerprint density at radius 3 is 2.28 bits per heavy atom. The van der Waals surface area contributed by atoms with Gasteiger partial charge in [0.1, 0.15) is 17.3 Å². The summed E-state index contributed by atoms with van der Waals surface area (Å²) in [6.07, 6.45) is 4.63. The molecule has 3 heterocycles. The zero-order chi connectivity index (χ0) is 34.2. The number of carbonyl (C=O) groups excluding carboxylic acids is 1. The normalized spacial score (nSPS) is 17.1. The lowest BCUT2D eigenvalue weighted by Gasteiger charge is -2.34. The van der Waals surface area contributed by atoms with Crippen LogP contribution in [0.3, 0.4) is 0 Å². The predicted molar refractivity (Wildman–Crippen MR) is 182 cm³/mol. The number of ketones is 1. The summed E-state index contributed by atoms with van der Waals surface area (Å²) in [5.74, 6) is -1.33. The van der Waals surface area contributed by atoms with Crippen molar-refractivity contribution in [3.05, 3.63) is 98.6 Å². The van der Waals surface area contributed by atoms with Gasteiger partial charge >= 0.3 is 5.97 Å². The molecule has 0 saturated carbocycles. The zero-order valence-corrected chi connectivity index (χ0v) is 28.3. The number of allylic oxidation sites excluding steroid dienone is 1. The van der Waals surface area contributed by atoms with Gasteiger partial charge < -0.3 is 15.2 Å². The van der Waals surface area contributed by atoms with Crippen molar-refractivity contribution in [3.8, 4) is 11.5 Å². The molecule has 6 rings (SSSR count). The number of nitrogens with one attached hydrogen (secondary N) is 1. The van der Waals surface area contributed by atoms with E-state index in [0.29, 0.717) is 55.8 Å². The maximum Gasteiger partial charge on any atom is 0.336 e. The van der Waals surface area contributed by atoms with Gasteiger partial charge in [0.2, 0.25) is 0 Å². The van der Waals surface area contributed by atoms with E-state index in [1.54, 1.807) is 38.1 Å². The first-order valence-electron chi connectivity index (χ1n) is 15.6. The highest BCUT2D eigenvalue weighted by atomic mass is 32.2. The van der Waals surface area contributed by atoms with Crippen LogP contribution in [0.1, 0.15) is 97.9 Å². The van der Waals surface area contributed by atoms with E-state index < -0.39 is 32.9 Å². The van der Waals surface area contributed by atoms with Crippen molar-refractivity contribution in [3.63, 3.8) is 0 Å². The molecule has 0 aromatic heterocycles. The van der Waals surface area contributed by atoms with Crippen LogP contribution in [-0.2, 0) is 10.1 Å². The van der Waals surface area contributed by atoms with Gasteiger partial charge in [-0.05, 0) is 75.1 Å². The summed E-state index contributed by atoms with van der Waals surface area (Å²) in [4.78, 5) is 30.9. The van der Waals surface area contributed by atoms with Crippen LogP contribution < -0.4 is 20.6 Å². The first-order valence-corrected chi connectivity index (χ1v) is 17.2. The molecule has 0 amide bonds. The Morgan fingerprint density at radius 2 is 1.64 bits per heavy atom. The Hall–Kier alpha value is -4.54. The number of nitrogens with zero attached hydrogens (tertiary/aromatic N) is 1. The number of benzene rings is 3. The molecule has 0 unspecified atom stereocenters. The molecule has 0 atom stereocenters. The summed E-state index contributed by atoms with van der Waals surface area (Å²) in [5.41, 5.74) is 4.18. The fourth-order valence-electron chi connectivity index (χ4n) is 6.76. The van der Waals surface area contributed by atoms with E-state index in [1.807, 2.05) is 39.8 Å². The fourth-order valence-corrected chi connectivity index (χ4v) is 7.39. The molecule has 0 radical (unpaired) electrons. The summed E-state index contributed by atoms with van der Waals surface area (Å²) in [6, 6.07) is 12.0. The quantitative estimate of drug-likeness (QED) is 0.157. The monoisotopic (exact) mass is 654 g/mol. The molecule has 0 fully saturated rings. The van der Waals surface area contributed by atoms with Crippen LogP contribution in [-0.4, -0.2) is 46.7 Å². The van der Waals surface area contributed by atoms with Gasteiger partial charge in [0.25, 0.3) is 10.1 Å². The summed E-state index contributed by atoms with van der Waals surface area (Å²) in [7, 11) is -4.39. The summed E-state index contributed by atoms with van der Waals surface area (Å²) in [6.45, 7) is 13.5. The maximum atomic E-state index is 13.2. The van der Waals surface area contributed by atoms with Gasteiger partial charge in [-0.25, -0.2) is 4.79 Å². The third kappa shape index (κ3) is 6.03. The molecule has 3 aromatic rings. The number of carboxylic acid groups (broad SMARTS) is 1. The maximum absolute atomic E-state index is 13.2. The molecule has 0 bridgehead atoms. The average Bonchev–Trinajstić information content (AvgIpc) is 2.95. The summed E-state index contributed by atoms with van der Waals surface area (Å²) >= 11 is 0. The van der Waals surface area contributed by atoms with Crippen LogP contribution in [0.5, 0.6) is 11.5 Å². The van der Waals surface area contributed by atoms with E-state index in [1.165, 1.54) is 12.1 Å². The number of fused-ring (bicyclic) bond motifs is 4. The second-order valence-electron chi connectivity index (χ2n) is 13.9. The fraction of sp³-hybridized carbons (Fsp3) is 0.324. The van der Waals surface area contributed by atoms with Crippen molar-refractivity contribution < 1.29 is 32.4 Å². The van der Waals surface area contributed by atoms with Crippen molar-refractivity contribution in [1.29, 1.82) is 0 Å². The number of aromatic carboxylic acids is 1. The second kappa shape index (κ2) is 11.0. The SMILES string of the molecule is CCC1=CC(C)(C)N=c2cc3c(cc21)=C(c1cc(C(=O)C(C)C)ccc1C(=O)O)c1cc2c(cc1O3)NC(C)(C)C=C2CS(=O)(=O)O. The molecular formula is C37H38N2O7S. The first kappa shape index (κ1) is 32.4. The van der Waals surface area contributed by atoms with Crippen LogP contribution in [0, 0.1) is 5.92 Å². The summed E-state index contributed by atoms with van der Waals surface area (Å²) in [5, 5.41) is 15.2. The van der Waals surface area contributed by atoms with Gasteiger partial charge in [0.05, 0.1) is 22.0 Å². The minimum atomic E-state index is -4.39. The van der Waals surface area contributed by atoms with Crippen LogP contribution in [0.2, 0.25) is 0 Å². The Labute approximate surface area is 274 Å². The van der Waals surface area contributed by atoms with E-state index in [-0.39, 0.29) is 17.3 Å². The molecule has 244 valence electrons. The third-order valence-electron chi connectivity index (χ3n) is 8.64. The molecule has 3 aliphatic heterocycles. The standard InChI is InChI=1S/C37H38N2O7S/c1-8-20-16-36(4,5)38-29-14-31-27(12-24(20)29)33(26-11-21(34(40)19(2)3)9-10-23(26)35(41)42)28-13-25-22(18-47(43,44)45)17-37(6,7)39-30(25)15-32(28)46-31/h9-17,19,39H,8,18H2,1-7H3,(H,41,42)(H,43,44,45). The van der Waals surface area contributed by atoms with Gasteiger partial charge in [-0.15, -0.1) is 0 Å². The Bertz CT molecular complexity index is 2210. The molecule has 0 aliphatic carbocycles. The van der Waals surface area contributed by atoms with Crippen LogP contribution in [0.25, 0.3) is 16.7 Å². The number of anilines is 1. The van der Waals surface area contributed by atoms with E-state index in [2.05, 4.69) is 18.3 Å². The van der Waals surface area contributed by atoms with Gasteiger partial charge in [0, 0.05) is 56.8 Å². The Kier molecular flexibility index (Phi) is 7.60. The lowest BCUT2D eigenvalue weighted by atomic mass is 9.83. The highest BCUT2D eigenvalue weighted by molar-refractivity contribution is 7.86. The number of Topliss-reactive ketones (excluding diaryl/α,β-unsaturated/α-hetero) is 1. The van der Waals surface area contributed by atoms with Crippen molar-refractivity contribution in [2.75, 3.05) is 11.1 Å². The molecule has 9 nitrogen and oxygen atoms in total. The van der Waals surface area contributed by atoms with Gasteiger partial charge in [-0.3, -0.25) is 14.3 Å². The van der Waals surface area contributed by atoms with Gasteiger partial charge in [-0.2, -0.15) is 8.42 Å². The molecule has 0 saturated heterocycles. The number of carboxylic acids is 1. The first-order chi connectivity index (χ1) is 21.9. The number of carbonyl (C=O) groups is 2. The van der Waals surface area contributed by atoms with E-state index in [4.69, 9.17) is 9.73 Å². The molecule has 47 heavy (non-hydrogen) atoms. The number of ether oxygens (including phenoxy) is 1. The van der Waals surface area contributed by atoms with E-state index >= 15 is 0 Å². The van der Waals surface area contributed by atoms with Crippen LogP contribution in [0.4, 0.5) is 5.69 Å². The molecule has 10 heteroatoms. The van der Waals surface area contributed by atoms with Crippen molar-refractivity contribution in [2.24, 2.45) is 10.9 Å². The van der Waals surface area contributed by atoms with E-state index in [0.717, 1.165) is 22.9 Å². The lowest BCUT2D eigenvalue weighted by Crippen LogP contribution is -2.33. The second-order valence-corrected chi connectivity index (χ2v) is 15.3. The molecule has 0 spiro atoms. The molecule has 3 N–H and O–H groups in total.